The Kier molecular flexibility index (Phi) is 10.4. The molecule has 24 heavy (non-hydrogen) atoms. The van der Waals surface area contributed by atoms with Crippen molar-refractivity contribution in [2.45, 2.75) is 11.3 Å². The Morgan fingerprint density at radius 2 is 1.75 bits per heavy atom. The summed E-state index contributed by atoms with van der Waals surface area (Å²) in [5.41, 5.74) is -0.127. The topological polar surface area (TPSA) is 105 Å². The second kappa shape index (κ2) is 10.8. The molecule has 11 heteroatoms. The predicted octanol–water partition coefficient (Wildman–Crippen LogP) is 1.01. The molecule has 2 rings (SSSR count). The van der Waals surface area contributed by atoms with Crippen LogP contribution < -0.4 is 10.0 Å². The monoisotopic (exact) mass is 400 g/mol. The number of hydrogen-bond acceptors (Lipinski definition) is 6. The Bertz CT molecular complexity index is 607. The first-order valence-corrected chi connectivity index (χ1v) is 8.64. The van der Waals surface area contributed by atoms with Gasteiger partial charge in [0.2, 0.25) is 10.0 Å². The molecule has 0 amide bonds. The number of nitro benzene ring substituents is 1. The summed E-state index contributed by atoms with van der Waals surface area (Å²) in [4.78, 5) is 12.3. The van der Waals surface area contributed by atoms with Crippen molar-refractivity contribution in [1.29, 1.82) is 0 Å². The zero-order valence-electron chi connectivity index (χ0n) is 13.0. The molecule has 1 saturated heterocycles. The molecule has 1 aliphatic rings. The summed E-state index contributed by atoms with van der Waals surface area (Å²) in [6.45, 7) is 5.10. The van der Waals surface area contributed by atoms with Gasteiger partial charge < -0.3 is 10.2 Å². The average molecular weight is 401 g/mol. The van der Waals surface area contributed by atoms with Gasteiger partial charge in [-0.1, -0.05) is 0 Å². The summed E-state index contributed by atoms with van der Waals surface area (Å²) < 4.78 is 26.6. The summed E-state index contributed by atoms with van der Waals surface area (Å²) in [5.74, 6) is 0. The first-order valence-electron chi connectivity index (χ1n) is 7.16. The van der Waals surface area contributed by atoms with E-state index in [1.54, 1.807) is 0 Å². The summed E-state index contributed by atoms with van der Waals surface area (Å²) in [6.07, 6.45) is 0.728. The lowest BCUT2D eigenvalue weighted by atomic mass is 10.3. The van der Waals surface area contributed by atoms with Crippen LogP contribution in [0.1, 0.15) is 6.42 Å². The summed E-state index contributed by atoms with van der Waals surface area (Å²) in [6, 6.07) is 4.87. The maximum atomic E-state index is 12.1. The Hall–Kier alpha value is -0.970. The van der Waals surface area contributed by atoms with Gasteiger partial charge in [-0.3, -0.25) is 10.1 Å². The highest BCUT2D eigenvalue weighted by Crippen LogP contribution is 2.15. The maximum Gasteiger partial charge on any atom is 0.269 e. The van der Waals surface area contributed by atoms with E-state index in [9.17, 15) is 18.5 Å². The minimum Gasteiger partial charge on any atom is -0.314 e. The lowest BCUT2D eigenvalue weighted by molar-refractivity contribution is -0.384. The number of nitro groups is 1. The largest absolute Gasteiger partial charge is 0.314 e. The molecule has 0 aliphatic carbocycles. The minimum absolute atomic E-state index is 0. The van der Waals surface area contributed by atoms with Crippen molar-refractivity contribution in [3.63, 3.8) is 0 Å². The van der Waals surface area contributed by atoms with E-state index in [0.717, 1.165) is 39.1 Å². The molecule has 1 aromatic rings. The van der Waals surface area contributed by atoms with Gasteiger partial charge in [-0.15, -0.1) is 24.8 Å². The van der Waals surface area contributed by atoms with Crippen molar-refractivity contribution in [1.82, 2.24) is 14.9 Å². The number of sulfonamides is 1. The first-order chi connectivity index (χ1) is 10.5. The van der Waals surface area contributed by atoms with Gasteiger partial charge >= 0.3 is 0 Å². The zero-order valence-corrected chi connectivity index (χ0v) is 15.5. The number of halogens is 2. The van der Waals surface area contributed by atoms with Crippen molar-refractivity contribution >= 4 is 40.5 Å². The molecule has 2 N–H and O–H groups in total. The molecule has 1 aromatic carbocycles. The van der Waals surface area contributed by atoms with E-state index < -0.39 is 14.9 Å². The molecule has 1 heterocycles. The highest BCUT2D eigenvalue weighted by molar-refractivity contribution is 7.89. The summed E-state index contributed by atoms with van der Waals surface area (Å²) in [5, 5.41) is 13.8. The van der Waals surface area contributed by atoms with E-state index >= 15 is 0 Å². The molecule has 0 radical (unpaired) electrons. The van der Waals surface area contributed by atoms with Crippen molar-refractivity contribution in [3.05, 3.63) is 34.4 Å². The fourth-order valence-electron chi connectivity index (χ4n) is 2.27. The minimum atomic E-state index is -3.61. The lowest BCUT2D eigenvalue weighted by Crippen LogP contribution is -2.44. The molecular formula is C13H22Cl2N4O4S. The van der Waals surface area contributed by atoms with Gasteiger partial charge in [-0.05, 0) is 25.1 Å². The number of benzene rings is 1. The zero-order chi connectivity index (χ0) is 16.0. The van der Waals surface area contributed by atoms with E-state index in [1.807, 2.05) is 0 Å². The fraction of sp³-hybridized carbons (Fsp3) is 0.538. The number of nitrogens with zero attached hydrogens (tertiary/aromatic N) is 2. The Balaban J connectivity index is 0.00000264. The van der Waals surface area contributed by atoms with Gasteiger partial charge in [0.1, 0.15) is 0 Å². The number of nitrogens with one attached hydrogen (secondary N) is 2. The smallest absolute Gasteiger partial charge is 0.269 e. The van der Waals surface area contributed by atoms with Crippen molar-refractivity contribution < 1.29 is 13.3 Å². The van der Waals surface area contributed by atoms with Gasteiger partial charge in [-0.25, -0.2) is 13.1 Å². The maximum absolute atomic E-state index is 12.1. The highest BCUT2D eigenvalue weighted by atomic mass is 35.5. The third-order valence-corrected chi connectivity index (χ3v) is 4.99. The van der Waals surface area contributed by atoms with Crippen molar-refractivity contribution in [2.24, 2.45) is 0 Å². The van der Waals surface area contributed by atoms with Crippen LogP contribution in [0.15, 0.2) is 29.2 Å². The van der Waals surface area contributed by atoms with Gasteiger partial charge in [0, 0.05) is 44.9 Å². The third-order valence-electron chi connectivity index (χ3n) is 3.51. The van der Waals surface area contributed by atoms with E-state index in [0.29, 0.717) is 6.54 Å². The number of non-ortho nitro benzene ring substituents is 1. The second-order valence-electron chi connectivity index (χ2n) is 5.09. The van der Waals surface area contributed by atoms with Crippen LogP contribution in [0.25, 0.3) is 0 Å². The standard InChI is InChI=1S/C13H20N4O4S.2ClH/c18-17(19)12-2-4-13(5-3-12)22(20,21)15-6-1-9-16-10-7-14-8-11-16;;/h2-5,14-15H,1,6-11H2;2*1H. The van der Waals surface area contributed by atoms with E-state index in [-0.39, 0.29) is 35.4 Å². The lowest BCUT2D eigenvalue weighted by Gasteiger charge is -2.27. The summed E-state index contributed by atoms with van der Waals surface area (Å²) in [7, 11) is -3.61. The van der Waals surface area contributed by atoms with Gasteiger partial charge in [0.05, 0.1) is 9.82 Å². The SMILES string of the molecule is Cl.Cl.O=[N+]([O-])c1ccc(S(=O)(=O)NCCCN2CCNCC2)cc1. The molecule has 1 fully saturated rings. The molecule has 0 spiro atoms. The molecule has 0 unspecified atom stereocenters. The number of piperazine rings is 1. The normalized spacial score (nSPS) is 15.2. The van der Waals surface area contributed by atoms with Crippen LogP contribution in [0.4, 0.5) is 5.69 Å². The molecule has 0 aromatic heterocycles. The molecule has 8 nitrogen and oxygen atoms in total. The van der Waals surface area contributed by atoms with Gasteiger partial charge in [0.25, 0.3) is 5.69 Å². The number of rotatable bonds is 7. The van der Waals surface area contributed by atoms with Crippen molar-refractivity contribution in [2.75, 3.05) is 39.3 Å². The fourth-order valence-corrected chi connectivity index (χ4v) is 3.35. The molecule has 1 aliphatic heterocycles. The average Bonchev–Trinajstić information content (AvgIpc) is 2.53. The van der Waals surface area contributed by atoms with Crippen LogP contribution >= 0.6 is 24.8 Å². The molecule has 0 bridgehead atoms. The van der Waals surface area contributed by atoms with E-state index in [4.69, 9.17) is 0 Å². The van der Waals surface area contributed by atoms with Crippen LogP contribution in [0.2, 0.25) is 0 Å². The van der Waals surface area contributed by atoms with Crippen LogP contribution in [0.3, 0.4) is 0 Å². The van der Waals surface area contributed by atoms with Crippen LogP contribution in [-0.2, 0) is 10.0 Å². The molecule has 0 saturated carbocycles. The highest BCUT2D eigenvalue weighted by Gasteiger charge is 2.15. The molecular weight excluding hydrogens is 379 g/mol. The van der Waals surface area contributed by atoms with Crippen LogP contribution in [-0.4, -0.2) is 57.5 Å². The Labute approximate surface area is 154 Å². The molecule has 0 atom stereocenters. The van der Waals surface area contributed by atoms with Crippen molar-refractivity contribution in [3.8, 4) is 0 Å². The van der Waals surface area contributed by atoms with Gasteiger partial charge in [-0.2, -0.15) is 0 Å². The predicted molar refractivity (Wildman–Crippen MR) is 96.7 cm³/mol. The van der Waals surface area contributed by atoms with Gasteiger partial charge in [0.15, 0.2) is 0 Å². The van der Waals surface area contributed by atoms with E-state index in [1.165, 1.54) is 24.3 Å². The third kappa shape index (κ3) is 6.88. The summed E-state index contributed by atoms with van der Waals surface area (Å²) >= 11 is 0. The second-order valence-corrected chi connectivity index (χ2v) is 6.86. The molecule has 138 valence electrons. The Morgan fingerprint density at radius 3 is 2.29 bits per heavy atom. The van der Waals surface area contributed by atoms with Crippen LogP contribution in [0.5, 0.6) is 0 Å². The number of hydrogen-bond donors (Lipinski definition) is 2. The van der Waals surface area contributed by atoms with E-state index in [2.05, 4.69) is 14.9 Å². The Morgan fingerprint density at radius 1 is 1.17 bits per heavy atom. The quantitative estimate of drug-likeness (QED) is 0.402. The van der Waals surface area contributed by atoms with Crippen LogP contribution in [0, 0.1) is 10.1 Å². The first kappa shape index (κ1) is 23.0.